The van der Waals surface area contributed by atoms with Crippen molar-refractivity contribution in [2.45, 2.75) is 0 Å². The lowest BCUT2D eigenvalue weighted by Crippen LogP contribution is -2.32. The average Bonchev–Trinajstić information content (AvgIpc) is 2.67. The Morgan fingerprint density at radius 2 is 1.96 bits per heavy atom. The summed E-state index contributed by atoms with van der Waals surface area (Å²) < 4.78 is 10.5. The van der Waals surface area contributed by atoms with Crippen LogP contribution < -0.4 is 20.2 Å². The molecule has 0 aliphatic rings. The lowest BCUT2D eigenvalue weighted by atomic mass is 10.2. The summed E-state index contributed by atoms with van der Waals surface area (Å²) in [5.74, 6) is -0.650. The van der Waals surface area contributed by atoms with Gasteiger partial charge >= 0.3 is 11.8 Å². The Hall–Kier alpha value is -3.61. The normalized spacial score (nSPS) is 10.2. The Bertz CT molecular complexity index is 818. The highest BCUT2D eigenvalue weighted by Gasteiger charge is 2.14. The van der Waals surface area contributed by atoms with Crippen LogP contribution in [0, 0.1) is 0 Å². The molecule has 2 amide bonds. The molecule has 0 aromatic heterocycles. The summed E-state index contributed by atoms with van der Waals surface area (Å²) in [7, 11) is 1.47. The van der Waals surface area contributed by atoms with Crippen molar-refractivity contribution in [3.63, 3.8) is 0 Å². The number of carbonyl (C=O) groups excluding carboxylic acids is 2. The molecule has 134 valence electrons. The Balaban J connectivity index is 1.92. The molecular weight excluding hydrogens is 334 g/mol. The Morgan fingerprint density at radius 1 is 1.15 bits per heavy atom. The van der Waals surface area contributed by atoms with Crippen molar-refractivity contribution in [2.75, 3.05) is 19.0 Å². The minimum atomic E-state index is -0.897. The number of carbonyl (C=O) groups is 2. The highest BCUT2D eigenvalue weighted by atomic mass is 16.5. The van der Waals surface area contributed by atoms with E-state index in [1.807, 2.05) is 0 Å². The predicted molar refractivity (Wildman–Crippen MR) is 99.5 cm³/mol. The second-order valence-corrected chi connectivity index (χ2v) is 5.03. The summed E-state index contributed by atoms with van der Waals surface area (Å²) >= 11 is 0. The highest BCUT2D eigenvalue weighted by Crippen LogP contribution is 2.22. The van der Waals surface area contributed by atoms with Gasteiger partial charge in [0.05, 0.1) is 19.0 Å². The number of methoxy groups -OCH3 is 1. The van der Waals surface area contributed by atoms with E-state index in [1.165, 1.54) is 13.3 Å². The van der Waals surface area contributed by atoms with E-state index in [4.69, 9.17) is 9.47 Å². The number of hydrogen-bond acceptors (Lipinski definition) is 5. The molecule has 0 heterocycles. The van der Waals surface area contributed by atoms with E-state index in [2.05, 4.69) is 22.4 Å². The van der Waals surface area contributed by atoms with Crippen LogP contribution in [0.3, 0.4) is 0 Å². The molecule has 26 heavy (non-hydrogen) atoms. The van der Waals surface area contributed by atoms with Gasteiger partial charge < -0.3 is 14.8 Å². The quantitative estimate of drug-likeness (QED) is 0.346. The maximum absolute atomic E-state index is 11.9. The van der Waals surface area contributed by atoms with Crippen molar-refractivity contribution in [3.8, 4) is 11.5 Å². The third-order valence-corrected chi connectivity index (χ3v) is 3.17. The second-order valence-electron chi connectivity index (χ2n) is 5.03. The summed E-state index contributed by atoms with van der Waals surface area (Å²) in [4.78, 5) is 23.7. The monoisotopic (exact) mass is 353 g/mol. The van der Waals surface area contributed by atoms with Crippen molar-refractivity contribution in [1.82, 2.24) is 5.43 Å². The molecule has 0 atom stereocenters. The first-order valence-electron chi connectivity index (χ1n) is 7.75. The fraction of sp³-hybridized carbons (Fsp3) is 0.105. The molecule has 2 aromatic rings. The highest BCUT2D eigenvalue weighted by molar-refractivity contribution is 6.39. The first-order valence-corrected chi connectivity index (χ1v) is 7.75. The fourth-order valence-electron chi connectivity index (χ4n) is 1.98. The summed E-state index contributed by atoms with van der Waals surface area (Å²) in [5.41, 5.74) is 3.27. The number of benzene rings is 2. The third-order valence-electron chi connectivity index (χ3n) is 3.17. The molecule has 0 aliphatic heterocycles. The van der Waals surface area contributed by atoms with Crippen LogP contribution in [-0.4, -0.2) is 31.7 Å². The van der Waals surface area contributed by atoms with Gasteiger partial charge in [-0.15, -0.1) is 0 Å². The minimum absolute atomic E-state index is 0.389. The number of anilines is 1. The van der Waals surface area contributed by atoms with Gasteiger partial charge in [0, 0.05) is 0 Å². The van der Waals surface area contributed by atoms with E-state index in [9.17, 15) is 9.59 Å². The predicted octanol–water partition coefficient (Wildman–Crippen LogP) is 2.35. The van der Waals surface area contributed by atoms with Crippen LogP contribution in [-0.2, 0) is 9.59 Å². The number of nitrogens with one attached hydrogen (secondary N) is 2. The first kappa shape index (κ1) is 18.7. The summed E-state index contributed by atoms with van der Waals surface area (Å²) in [6, 6.07) is 13.9. The first-order chi connectivity index (χ1) is 12.6. The molecule has 7 nitrogen and oxygen atoms in total. The van der Waals surface area contributed by atoms with Gasteiger partial charge in [-0.1, -0.05) is 36.9 Å². The fourth-order valence-corrected chi connectivity index (χ4v) is 1.98. The van der Waals surface area contributed by atoms with Crippen molar-refractivity contribution < 1.29 is 19.1 Å². The summed E-state index contributed by atoms with van der Waals surface area (Å²) in [6.07, 6.45) is 3.05. The van der Waals surface area contributed by atoms with Gasteiger partial charge in [-0.25, -0.2) is 5.43 Å². The number of hydrogen-bond donors (Lipinski definition) is 2. The average molecular weight is 353 g/mol. The lowest BCUT2D eigenvalue weighted by molar-refractivity contribution is -0.136. The summed E-state index contributed by atoms with van der Waals surface area (Å²) in [5, 5.41) is 6.24. The lowest BCUT2D eigenvalue weighted by Gasteiger charge is -2.08. The summed E-state index contributed by atoms with van der Waals surface area (Å²) in [6.45, 7) is 3.97. The SMILES string of the molecule is C=CCOc1cccc(C=NNC(=O)C(=O)Nc2ccccc2OC)c1. The molecule has 0 bridgehead atoms. The van der Waals surface area contributed by atoms with Crippen LogP contribution in [0.4, 0.5) is 5.69 Å². The van der Waals surface area contributed by atoms with Crippen molar-refractivity contribution >= 4 is 23.7 Å². The van der Waals surface area contributed by atoms with E-state index in [0.29, 0.717) is 29.4 Å². The van der Waals surface area contributed by atoms with Gasteiger partial charge in [-0.2, -0.15) is 5.10 Å². The molecule has 0 fully saturated rings. The number of para-hydroxylation sites is 2. The number of amides is 2. The van der Waals surface area contributed by atoms with Crippen LogP contribution in [0.15, 0.2) is 66.3 Å². The van der Waals surface area contributed by atoms with E-state index in [-0.39, 0.29) is 0 Å². The van der Waals surface area contributed by atoms with Crippen LogP contribution >= 0.6 is 0 Å². The molecule has 2 rings (SSSR count). The van der Waals surface area contributed by atoms with Crippen molar-refractivity contribution in [1.29, 1.82) is 0 Å². The van der Waals surface area contributed by atoms with E-state index < -0.39 is 11.8 Å². The molecule has 0 spiro atoms. The van der Waals surface area contributed by atoms with Gasteiger partial charge in [0.25, 0.3) is 0 Å². The van der Waals surface area contributed by atoms with E-state index in [1.54, 1.807) is 54.6 Å². The third kappa shape index (κ3) is 5.48. The molecule has 0 aliphatic carbocycles. The van der Waals surface area contributed by atoms with Crippen LogP contribution in [0.2, 0.25) is 0 Å². The van der Waals surface area contributed by atoms with Gasteiger partial charge in [0.15, 0.2) is 0 Å². The van der Waals surface area contributed by atoms with Gasteiger partial charge in [0.2, 0.25) is 0 Å². The van der Waals surface area contributed by atoms with Crippen LogP contribution in [0.25, 0.3) is 0 Å². The Labute approximate surface area is 151 Å². The van der Waals surface area contributed by atoms with Gasteiger partial charge in [-0.3, -0.25) is 9.59 Å². The van der Waals surface area contributed by atoms with Gasteiger partial charge in [0.1, 0.15) is 18.1 Å². The van der Waals surface area contributed by atoms with Crippen molar-refractivity contribution in [3.05, 3.63) is 66.7 Å². The van der Waals surface area contributed by atoms with Crippen molar-refractivity contribution in [2.24, 2.45) is 5.10 Å². The Kier molecular flexibility index (Phi) is 6.93. The topological polar surface area (TPSA) is 89.0 Å². The molecule has 0 saturated heterocycles. The molecular formula is C19H19N3O4. The molecule has 0 radical (unpaired) electrons. The number of nitrogens with zero attached hydrogens (tertiary/aromatic N) is 1. The maximum atomic E-state index is 11.9. The zero-order chi connectivity index (χ0) is 18.8. The molecule has 7 heteroatoms. The van der Waals surface area contributed by atoms with Crippen LogP contribution in [0.1, 0.15) is 5.56 Å². The standard InChI is InChI=1S/C19H19N3O4/c1-3-11-26-15-8-6-7-14(12-15)13-20-22-19(24)18(23)21-16-9-4-5-10-17(16)25-2/h3-10,12-13H,1,11H2,2H3,(H,21,23)(H,22,24). The number of hydrazone groups is 1. The molecule has 2 aromatic carbocycles. The Morgan fingerprint density at radius 3 is 2.73 bits per heavy atom. The minimum Gasteiger partial charge on any atom is -0.495 e. The molecule has 2 N–H and O–H groups in total. The zero-order valence-corrected chi connectivity index (χ0v) is 14.3. The van der Waals surface area contributed by atoms with Gasteiger partial charge in [-0.05, 0) is 29.8 Å². The molecule has 0 saturated carbocycles. The van der Waals surface area contributed by atoms with Crippen LogP contribution in [0.5, 0.6) is 11.5 Å². The number of rotatable bonds is 7. The molecule has 0 unspecified atom stereocenters. The van der Waals surface area contributed by atoms with E-state index in [0.717, 1.165) is 0 Å². The second kappa shape index (κ2) is 9.63. The number of ether oxygens (including phenoxy) is 2. The smallest absolute Gasteiger partial charge is 0.329 e. The zero-order valence-electron chi connectivity index (χ0n) is 14.3. The van der Waals surface area contributed by atoms with E-state index >= 15 is 0 Å². The largest absolute Gasteiger partial charge is 0.495 e. The maximum Gasteiger partial charge on any atom is 0.329 e.